The Bertz CT molecular complexity index is 707. The van der Waals surface area contributed by atoms with E-state index in [0.717, 1.165) is 0 Å². The number of anilines is 1. The van der Waals surface area contributed by atoms with Gasteiger partial charge in [0.1, 0.15) is 6.04 Å². The van der Waals surface area contributed by atoms with Gasteiger partial charge in [0.15, 0.2) is 0 Å². The fourth-order valence-electron chi connectivity index (χ4n) is 3.07. The van der Waals surface area contributed by atoms with E-state index < -0.39 is 32.8 Å². The normalized spacial score (nSPS) is 12.0. The van der Waals surface area contributed by atoms with Gasteiger partial charge in [0, 0.05) is 39.6 Å². The number of para-hydroxylation sites is 1. The second kappa shape index (κ2) is 14.6. The van der Waals surface area contributed by atoms with Gasteiger partial charge in [-0.1, -0.05) is 18.2 Å². The van der Waals surface area contributed by atoms with E-state index in [1.807, 2.05) is 6.07 Å². The van der Waals surface area contributed by atoms with E-state index in [1.54, 1.807) is 38.1 Å². The van der Waals surface area contributed by atoms with E-state index in [2.05, 4.69) is 5.32 Å². The fourth-order valence-corrected chi connectivity index (χ4v) is 4.78. The number of esters is 2. The molecule has 0 aliphatic heterocycles. The van der Waals surface area contributed by atoms with Crippen LogP contribution in [0.25, 0.3) is 0 Å². The average Bonchev–Trinajstić information content (AvgIpc) is 2.79. The highest BCUT2D eigenvalue weighted by Gasteiger charge is 2.39. The lowest BCUT2D eigenvalue weighted by atomic mass is 10.1. The summed E-state index contributed by atoms with van der Waals surface area (Å²) >= 11 is 0. The summed E-state index contributed by atoms with van der Waals surface area (Å²) < 4.78 is 26.4. The van der Waals surface area contributed by atoms with Crippen molar-refractivity contribution >= 4 is 32.5 Å². The highest BCUT2D eigenvalue weighted by atomic mass is 28.4. The lowest BCUT2D eigenvalue weighted by molar-refractivity contribution is -0.155. The Morgan fingerprint density at radius 3 is 2.09 bits per heavy atom. The number of carbonyl (C=O) groups is 3. The molecular weight excluding hydrogens is 436 g/mol. The molecule has 1 rings (SSSR count). The molecule has 0 aromatic heterocycles. The molecule has 0 spiro atoms. The minimum Gasteiger partial charge on any atom is -0.466 e. The molecule has 0 saturated carbocycles. The van der Waals surface area contributed by atoms with Gasteiger partial charge in [-0.2, -0.15) is 0 Å². The molecule has 1 unspecified atom stereocenters. The Kier molecular flexibility index (Phi) is 12.5. The van der Waals surface area contributed by atoms with Crippen LogP contribution in [-0.2, 0) is 32.3 Å². The molecule has 1 N–H and O–H groups in total. The summed E-state index contributed by atoms with van der Waals surface area (Å²) in [6.45, 7) is 3.73. The Labute approximate surface area is 190 Å². The lowest BCUT2D eigenvalue weighted by Crippen LogP contribution is -2.50. The van der Waals surface area contributed by atoms with Crippen LogP contribution in [0.5, 0.6) is 0 Å². The van der Waals surface area contributed by atoms with Crippen molar-refractivity contribution in [3.05, 3.63) is 30.3 Å². The van der Waals surface area contributed by atoms with E-state index >= 15 is 0 Å². The topological polar surface area (TPSA) is 113 Å². The summed E-state index contributed by atoms with van der Waals surface area (Å²) in [5, 5.41) is 2.76. The second-order valence-corrected chi connectivity index (χ2v) is 9.76. The standard InChI is InChI=1S/C21H34N2O8Si/c1-6-30-19(24)16-18(20(25)31-7-2)23(14-11-15-32(27-3,28-4)29-5)21(26)22-17-12-9-8-10-13-17/h8-10,12-13,18H,6-7,11,14-16H2,1-5H3,(H,22,26). The number of amides is 2. The van der Waals surface area contributed by atoms with Crippen molar-refractivity contribution in [3.63, 3.8) is 0 Å². The quantitative estimate of drug-likeness (QED) is 0.326. The molecule has 0 saturated heterocycles. The summed E-state index contributed by atoms with van der Waals surface area (Å²) in [5.74, 6) is -1.28. The predicted molar refractivity (Wildman–Crippen MR) is 120 cm³/mol. The SMILES string of the molecule is CCOC(=O)CC(C(=O)OCC)N(CCC[Si](OC)(OC)OC)C(=O)Nc1ccccc1. The van der Waals surface area contributed by atoms with Gasteiger partial charge in [-0.3, -0.25) is 4.79 Å². The van der Waals surface area contributed by atoms with Crippen molar-refractivity contribution in [2.45, 2.75) is 38.8 Å². The lowest BCUT2D eigenvalue weighted by Gasteiger charge is -2.31. The van der Waals surface area contributed by atoms with Crippen molar-refractivity contribution in [1.29, 1.82) is 0 Å². The van der Waals surface area contributed by atoms with Crippen LogP contribution in [0.2, 0.25) is 6.04 Å². The van der Waals surface area contributed by atoms with Gasteiger partial charge in [-0.15, -0.1) is 0 Å². The van der Waals surface area contributed by atoms with Crippen molar-refractivity contribution in [3.8, 4) is 0 Å². The fraction of sp³-hybridized carbons (Fsp3) is 0.571. The zero-order chi connectivity index (χ0) is 24.0. The molecule has 1 atom stereocenters. The number of nitrogens with one attached hydrogen (secondary N) is 1. The van der Waals surface area contributed by atoms with Crippen molar-refractivity contribution in [2.75, 3.05) is 46.4 Å². The first-order chi connectivity index (χ1) is 15.4. The molecule has 1 aromatic rings. The maximum atomic E-state index is 13.1. The van der Waals surface area contributed by atoms with Crippen LogP contribution in [0, 0.1) is 0 Å². The first-order valence-electron chi connectivity index (χ1n) is 10.5. The minimum absolute atomic E-state index is 0.110. The monoisotopic (exact) mass is 470 g/mol. The second-order valence-electron chi connectivity index (χ2n) is 6.67. The van der Waals surface area contributed by atoms with Gasteiger partial charge in [-0.25, -0.2) is 9.59 Å². The van der Waals surface area contributed by atoms with Crippen molar-refractivity contribution < 1.29 is 37.1 Å². The zero-order valence-electron chi connectivity index (χ0n) is 19.4. The van der Waals surface area contributed by atoms with E-state index in [9.17, 15) is 14.4 Å². The number of ether oxygens (including phenoxy) is 2. The third kappa shape index (κ3) is 8.58. The Hall–Kier alpha value is -2.47. The van der Waals surface area contributed by atoms with Crippen molar-refractivity contribution in [1.82, 2.24) is 4.90 Å². The average molecular weight is 471 g/mol. The highest BCUT2D eigenvalue weighted by Crippen LogP contribution is 2.19. The van der Waals surface area contributed by atoms with Crippen LogP contribution in [-0.4, -0.2) is 78.8 Å². The summed E-state index contributed by atoms with van der Waals surface area (Å²) in [6, 6.07) is 7.52. The minimum atomic E-state index is -2.88. The summed E-state index contributed by atoms with van der Waals surface area (Å²) in [7, 11) is 1.62. The van der Waals surface area contributed by atoms with Gasteiger partial charge >= 0.3 is 26.8 Å². The molecule has 0 fully saturated rings. The number of carbonyl (C=O) groups excluding carboxylic acids is 3. The van der Waals surface area contributed by atoms with Gasteiger partial charge in [-0.05, 0) is 32.4 Å². The number of urea groups is 1. The largest absolute Gasteiger partial charge is 0.500 e. The first-order valence-corrected chi connectivity index (χ1v) is 12.4. The first kappa shape index (κ1) is 27.6. The third-order valence-electron chi connectivity index (χ3n) is 4.70. The molecule has 10 nitrogen and oxygen atoms in total. The molecule has 0 bridgehead atoms. The summed E-state index contributed by atoms with van der Waals surface area (Å²) in [6.07, 6.45) is 0.0823. The Balaban J connectivity index is 3.13. The number of nitrogens with zero attached hydrogens (tertiary/aromatic N) is 1. The molecule has 2 amide bonds. The molecule has 11 heteroatoms. The molecule has 1 aromatic carbocycles. The summed E-state index contributed by atoms with van der Waals surface area (Å²) in [5.41, 5.74) is 0.552. The predicted octanol–water partition coefficient (Wildman–Crippen LogP) is 2.67. The Morgan fingerprint density at radius 2 is 1.56 bits per heavy atom. The van der Waals surface area contributed by atoms with Crippen LogP contribution >= 0.6 is 0 Å². The van der Waals surface area contributed by atoms with E-state index in [-0.39, 0.29) is 26.2 Å². The van der Waals surface area contributed by atoms with Gasteiger partial charge in [0.2, 0.25) is 0 Å². The van der Waals surface area contributed by atoms with E-state index in [1.165, 1.54) is 26.2 Å². The number of hydrogen-bond donors (Lipinski definition) is 1. The van der Waals surface area contributed by atoms with Crippen LogP contribution in [0.1, 0.15) is 26.7 Å². The van der Waals surface area contributed by atoms with Crippen LogP contribution < -0.4 is 5.32 Å². The molecule has 32 heavy (non-hydrogen) atoms. The maximum absolute atomic E-state index is 13.1. The number of rotatable bonds is 14. The molecule has 0 aliphatic carbocycles. The Morgan fingerprint density at radius 1 is 0.969 bits per heavy atom. The smallest absolute Gasteiger partial charge is 0.466 e. The van der Waals surface area contributed by atoms with E-state index in [0.29, 0.717) is 18.2 Å². The summed E-state index contributed by atoms with van der Waals surface area (Å²) in [4.78, 5) is 39.3. The van der Waals surface area contributed by atoms with Crippen LogP contribution in [0.3, 0.4) is 0 Å². The van der Waals surface area contributed by atoms with Crippen LogP contribution in [0.15, 0.2) is 30.3 Å². The van der Waals surface area contributed by atoms with Gasteiger partial charge < -0.3 is 33.0 Å². The zero-order valence-corrected chi connectivity index (χ0v) is 20.4. The van der Waals surface area contributed by atoms with E-state index in [4.69, 9.17) is 22.8 Å². The maximum Gasteiger partial charge on any atom is 0.500 e. The number of benzene rings is 1. The molecule has 0 heterocycles. The molecule has 0 radical (unpaired) electrons. The van der Waals surface area contributed by atoms with Gasteiger partial charge in [0.25, 0.3) is 0 Å². The molecule has 180 valence electrons. The highest BCUT2D eigenvalue weighted by molar-refractivity contribution is 6.60. The number of hydrogen-bond acceptors (Lipinski definition) is 8. The van der Waals surface area contributed by atoms with Gasteiger partial charge in [0.05, 0.1) is 19.6 Å². The van der Waals surface area contributed by atoms with Crippen molar-refractivity contribution in [2.24, 2.45) is 0 Å². The third-order valence-corrected chi connectivity index (χ3v) is 7.53. The van der Waals surface area contributed by atoms with Crippen LogP contribution in [0.4, 0.5) is 10.5 Å². The molecular formula is C21H34N2O8Si. The molecule has 0 aliphatic rings.